The highest BCUT2D eigenvalue weighted by Gasteiger charge is 2.40. The molecule has 2 atom stereocenters. The topological polar surface area (TPSA) is 125 Å². The lowest BCUT2D eigenvalue weighted by Crippen LogP contribution is -2.62. The minimum atomic E-state index is -0.625. The Morgan fingerprint density at radius 2 is 2.14 bits per heavy atom. The molecule has 0 bridgehead atoms. The van der Waals surface area contributed by atoms with Crippen molar-refractivity contribution in [2.45, 2.75) is 37.5 Å². The zero-order valence-corrected chi connectivity index (χ0v) is 16.2. The Balaban J connectivity index is 1.52. The number of imide groups is 1. The van der Waals surface area contributed by atoms with Crippen molar-refractivity contribution in [1.82, 2.24) is 15.1 Å². The van der Waals surface area contributed by atoms with Crippen molar-refractivity contribution in [2.75, 3.05) is 32.9 Å². The molecule has 1 aromatic carbocycles. The van der Waals surface area contributed by atoms with Crippen LogP contribution in [0.25, 0.3) is 0 Å². The van der Waals surface area contributed by atoms with Crippen LogP contribution in [0.2, 0.25) is 0 Å². The van der Waals surface area contributed by atoms with E-state index < -0.39 is 17.5 Å². The van der Waals surface area contributed by atoms with Crippen LogP contribution < -0.4 is 11.1 Å². The molecule has 9 nitrogen and oxygen atoms in total. The Labute approximate surface area is 168 Å². The molecule has 0 spiro atoms. The molecule has 2 unspecified atom stereocenters. The smallest absolute Gasteiger partial charge is 0.255 e. The number of piperidine rings is 1. The van der Waals surface area contributed by atoms with Gasteiger partial charge in [-0.3, -0.25) is 24.6 Å². The van der Waals surface area contributed by atoms with E-state index in [9.17, 15) is 19.5 Å². The van der Waals surface area contributed by atoms with Gasteiger partial charge in [0.2, 0.25) is 11.8 Å². The second kappa shape index (κ2) is 7.83. The van der Waals surface area contributed by atoms with Crippen molar-refractivity contribution in [3.63, 3.8) is 0 Å². The van der Waals surface area contributed by atoms with Crippen molar-refractivity contribution in [2.24, 2.45) is 5.73 Å². The minimum Gasteiger partial charge on any atom is -0.394 e. The van der Waals surface area contributed by atoms with Gasteiger partial charge in [-0.2, -0.15) is 0 Å². The average Bonchev–Trinajstić information content (AvgIpc) is 3.04. The van der Waals surface area contributed by atoms with Crippen molar-refractivity contribution in [3.05, 3.63) is 34.9 Å². The monoisotopic (exact) mass is 402 g/mol. The van der Waals surface area contributed by atoms with Gasteiger partial charge < -0.3 is 20.5 Å². The molecule has 4 N–H and O–H groups in total. The number of aliphatic hydroxyl groups is 1. The van der Waals surface area contributed by atoms with Gasteiger partial charge in [0.1, 0.15) is 6.04 Å². The Bertz CT molecular complexity index is 838. The van der Waals surface area contributed by atoms with Gasteiger partial charge in [0.15, 0.2) is 0 Å². The van der Waals surface area contributed by atoms with E-state index in [4.69, 9.17) is 10.5 Å². The lowest BCUT2D eigenvalue weighted by atomic mass is 9.96. The maximum atomic E-state index is 13.0. The van der Waals surface area contributed by atoms with E-state index in [-0.39, 0.29) is 31.4 Å². The number of fused-ring (bicyclic) bond motifs is 1. The minimum absolute atomic E-state index is 0.101. The molecule has 3 heterocycles. The number of rotatable bonds is 5. The molecule has 29 heavy (non-hydrogen) atoms. The number of hydrogen-bond donors (Lipinski definition) is 3. The molecule has 9 heteroatoms. The van der Waals surface area contributed by atoms with Crippen LogP contribution in [0.1, 0.15) is 34.3 Å². The molecule has 3 aliphatic rings. The number of carbonyl (C=O) groups is 3. The molecule has 1 aromatic rings. The van der Waals surface area contributed by atoms with E-state index in [0.29, 0.717) is 44.8 Å². The summed E-state index contributed by atoms with van der Waals surface area (Å²) in [5.74, 6) is -0.896. The predicted octanol–water partition coefficient (Wildman–Crippen LogP) is -1.03. The number of aliphatic hydroxyl groups excluding tert-OH is 1. The highest BCUT2D eigenvalue weighted by Crippen LogP contribution is 2.29. The van der Waals surface area contributed by atoms with E-state index in [1.165, 1.54) is 0 Å². The zero-order chi connectivity index (χ0) is 20.6. The summed E-state index contributed by atoms with van der Waals surface area (Å²) in [4.78, 5) is 40.2. The van der Waals surface area contributed by atoms with Gasteiger partial charge in [-0.1, -0.05) is 12.1 Å². The summed E-state index contributed by atoms with van der Waals surface area (Å²) in [7, 11) is 0. The number of nitrogens with zero attached hydrogens (tertiary/aromatic N) is 2. The van der Waals surface area contributed by atoms with Crippen molar-refractivity contribution >= 4 is 17.7 Å². The van der Waals surface area contributed by atoms with Crippen molar-refractivity contribution < 1.29 is 24.2 Å². The molecule has 4 rings (SSSR count). The second-order valence-electron chi connectivity index (χ2n) is 7.95. The third kappa shape index (κ3) is 3.55. The first kappa shape index (κ1) is 20.0. The van der Waals surface area contributed by atoms with E-state index >= 15 is 0 Å². The highest BCUT2D eigenvalue weighted by molar-refractivity contribution is 6.05. The van der Waals surface area contributed by atoms with E-state index in [1.54, 1.807) is 4.90 Å². The summed E-state index contributed by atoms with van der Waals surface area (Å²) in [5.41, 5.74) is 7.70. The molecular weight excluding hydrogens is 376 g/mol. The summed E-state index contributed by atoms with van der Waals surface area (Å²) in [6.07, 6.45) is 0.585. The van der Waals surface area contributed by atoms with Gasteiger partial charge in [0.25, 0.3) is 5.91 Å². The number of ether oxygens (including phenoxy) is 1. The molecule has 0 radical (unpaired) electrons. The van der Waals surface area contributed by atoms with E-state index in [2.05, 4.69) is 10.2 Å². The van der Waals surface area contributed by atoms with Gasteiger partial charge in [-0.25, -0.2) is 0 Å². The number of hydrogen-bond acceptors (Lipinski definition) is 7. The van der Waals surface area contributed by atoms with Gasteiger partial charge >= 0.3 is 0 Å². The first-order valence-electron chi connectivity index (χ1n) is 9.87. The molecule has 0 saturated carbocycles. The van der Waals surface area contributed by atoms with Crippen LogP contribution in [-0.4, -0.2) is 77.1 Å². The molecular formula is C20H26N4O5. The Morgan fingerprint density at radius 3 is 2.86 bits per heavy atom. The van der Waals surface area contributed by atoms with Crippen LogP contribution in [0, 0.1) is 0 Å². The summed E-state index contributed by atoms with van der Waals surface area (Å²) in [5, 5.41) is 12.2. The second-order valence-corrected chi connectivity index (χ2v) is 7.95. The van der Waals surface area contributed by atoms with Crippen LogP contribution in [0.15, 0.2) is 18.2 Å². The number of nitrogens with one attached hydrogen (secondary N) is 1. The number of benzene rings is 1. The fourth-order valence-electron chi connectivity index (χ4n) is 4.33. The molecule has 3 amide bonds. The van der Waals surface area contributed by atoms with Crippen LogP contribution >= 0.6 is 0 Å². The normalized spacial score (nSPS) is 27.9. The molecule has 3 aliphatic heterocycles. The number of amides is 3. The summed E-state index contributed by atoms with van der Waals surface area (Å²) in [6.45, 7) is 2.66. The molecule has 2 fully saturated rings. The van der Waals surface area contributed by atoms with Crippen LogP contribution in [0.5, 0.6) is 0 Å². The third-order valence-corrected chi connectivity index (χ3v) is 6.19. The van der Waals surface area contributed by atoms with Crippen LogP contribution in [0.4, 0.5) is 0 Å². The third-order valence-electron chi connectivity index (χ3n) is 6.19. The largest absolute Gasteiger partial charge is 0.394 e. The van der Waals surface area contributed by atoms with Crippen molar-refractivity contribution in [1.29, 1.82) is 0 Å². The Hall–Kier alpha value is -2.33. The molecule has 0 aliphatic carbocycles. The lowest BCUT2D eigenvalue weighted by molar-refractivity contribution is -0.136. The standard InChI is InChI=1S/C20H26N4O5/c21-10-20(11-25)12-29-6-5-23(20)8-13-1-2-14-9-24(19(28)15(14)7-13)16-3-4-17(26)22-18(16)27/h1-2,7,16,25H,3-6,8-12,21H2,(H,22,26,27). The quantitative estimate of drug-likeness (QED) is 0.538. The fourth-order valence-corrected chi connectivity index (χ4v) is 4.33. The van der Waals surface area contributed by atoms with Gasteiger partial charge in [0.05, 0.1) is 25.4 Å². The van der Waals surface area contributed by atoms with E-state index in [1.807, 2.05) is 18.2 Å². The Kier molecular flexibility index (Phi) is 5.39. The molecule has 2 saturated heterocycles. The lowest BCUT2D eigenvalue weighted by Gasteiger charge is -2.45. The Morgan fingerprint density at radius 1 is 1.31 bits per heavy atom. The first-order valence-corrected chi connectivity index (χ1v) is 9.87. The van der Waals surface area contributed by atoms with E-state index in [0.717, 1.165) is 11.1 Å². The highest BCUT2D eigenvalue weighted by atomic mass is 16.5. The maximum absolute atomic E-state index is 13.0. The number of morpholine rings is 1. The summed E-state index contributed by atoms with van der Waals surface area (Å²) < 4.78 is 5.52. The zero-order valence-electron chi connectivity index (χ0n) is 16.2. The van der Waals surface area contributed by atoms with Gasteiger partial charge in [-0.05, 0) is 23.6 Å². The summed E-state index contributed by atoms with van der Waals surface area (Å²) in [6, 6.07) is 5.12. The van der Waals surface area contributed by atoms with Crippen molar-refractivity contribution in [3.8, 4) is 0 Å². The van der Waals surface area contributed by atoms with Gasteiger partial charge in [-0.15, -0.1) is 0 Å². The molecule has 156 valence electrons. The SMILES string of the molecule is NCC1(CO)COCCN1Cc1ccc2c(c1)C(=O)N(C1CCC(=O)NC1=O)C2. The van der Waals surface area contributed by atoms with Gasteiger partial charge in [0, 0.05) is 38.2 Å². The number of carbonyl (C=O) groups excluding carboxylic acids is 3. The number of nitrogens with two attached hydrogens (primary N) is 1. The van der Waals surface area contributed by atoms with Crippen LogP contribution in [-0.2, 0) is 27.4 Å². The fraction of sp³-hybridized carbons (Fsp3) is 0.550. The van der Waals surface area contributed by atoms with Crippen LogP contribution in [0.3, 0.4) is 0 Å². The molecule has 0 aromatic heterocycles. The first-order chi connectivity index (χ1) is 14.0. The summed E-state index contributed by atoms with van der Waals surface area (Å²) >= 11 is 0. The maximum Gasteiger partial charge on any atom is 0.255 e. The predicted molar refractivity (Wildman–Crippen MR) is 103 cm³/mol. The average molecular weight is 402 g/mol.